The Balaban J connectivity index is 5.53. The van der Waals surface area contributed by atoms with Crippen molar-refractivity contribution in [3.8, 4) is 0 Å². The summed E-state index contributed by atoms with van der Waals surface area (Å²) in [7, 11) is 0. The third kappa shape index (κ3) is 13.8. The fourth-order valence-electron chi connectivity index (χ4n) is 2.67. The van der Waals surface area contributed by atoms with Gasteiger partial charge in [-0.3, -0.25) is 28.8 Å². The molecule has 35 heavy (non-hydrogen) atoms. The van der Waals surface area contributed by atoms with Gasteiger partial charge in [0.1, 0.15) is 18.1 Å². The summed E-state index contributed by atoms with van der Waals surface area (Å²) in [5.74, 6) is -7.55. The van der Waals surface area contributed by atoms with E-state index in [2.05, 4.69) is 16.0 Å². The van der Waals surface area contributed by atoms with Crippen LogP contribution in [0.5, 0.6) is 0 Å². The van der Waals surface area contributed by atoms with Crippen molar-refractivity contribution in [1.82, 2.24) is 16.0 Å². The summed E-state index contributed by atoms with van der Waals surface area (Å²) in [5.41, 5.74) is 10.6. The number of carbonyl (C=O) groups is 7. The highest BCUT2D eigenvalue weighted by molar-refractivity contribution is 7.98. The normalized spacial score (nSPS) is 14.0. The molecule has 0 fully saturated rings. The lowest BCUT2D eigenvalue weighted by Crippen LogP contribution is -2.57. The molecule has 0 aliphatic carbocycles. The Bertz CT molecular complexity index is 809. The molecule has 198 valence electrons. The van der Waals surface area contributed by atoms with Gasteiger partial charge in [0.25, 0.3) is 0 Å². The Labute approximate surface area is 204 Å². The molecule has 0 aliphatic rings. The molecule has 0 radical (unpaired) electrons. The maximum Gasteiger partial charge on any atom is 0.326 e. The van der Waals surface area contributed by atoms with E-state index in [-0.39, 0.29) is 19.3 Å². The monoisotopic (exact) mass is 521 g/mol. The summed E-state index contributed by atoms with van der Waals surface area (Å²) in [6, 6.07) is -5.83. The first-order chi connectivity index (χ1) is 16.3. The highest BCUT2D eigenvalue weighted by Crippen LogP contribution is 2.05. The summed E-state index contributed by atoms with van der Waals surface area (Å²) in [4.78, 5) is 82.0. The molecule has 4 amide bonds. The van der Waals surface area contributed by atoms with Crippen LogP contribution >= 0.6 is 11.8 Å². The second-order valence-corrected chi connectivity index (χ2v) is 8.43. The van der Waals surface area contributed by atoms with E-state index in [0.29, 0.717) is 5.75 Å². The zero-order valence-corrected chi connectivity index (χ0v) is 19.8. The predicted octanol–water partition coefficient (Wildman–Crippen LogP) is -2.79. The SMILES string of the molecule is CSCCC(NC(=O)C(CC(=O)O)NC(=O)C(CCC(=O)O)NC(=O)C(N)CCC(N)=O)C(=O)O. The van der Waals surface area contributed by atoms with Crippen molar-refractivity contribution in [2.45, 2.75) is 62.7 Å². The topological polar surface area (TPSA) is 268 Å². The van der Waals surface area contributed by atoms with E-state index in [1.165, 1.54) is 11.8 Å². The molecule has 16 heteroatoms. The molecule has 0 rings (SSSR count). The van der Waals surface area contributed by atoms with E-state index in [9.17, 15) is 38.7 Å². The molecule has 0 saturated carbocycles. The van der Waals surface area contributed by atoms with Crippen LogP contribution < -0.4 is 27.4 Å². The van der Waals surface area contributed by atoms with Gasteiger partial charge in [-0.25, -0.2) is 4.79 Å². The Kier molecular flexibility index (Phi) is 14.7. The van der Waals surface area contributed by atoms with Crippen molar-refractivity contribution in [1.29, 1.82) is 0 Å². The second-order valence-electron chi connectivity index (χ2n) is 7.44. The number of carboxylic acid groups (broad SMARTS) is 3. The maximum absolute atomic E-state index is 12.7. The van der Waals surface area contributed by atoms with Crippen molar-refractivity contribution >= 4 is 53.3 Å². The Hall–Kier alpha value is -3.40. The molecular formula is C19H31N5O10S. The summed E-state index contributed by atoms with van der Waals surface area (Å²) in [5, 5.41) is 33.8. The highest BCUT2D eigenvalue weighted by atomic mass is 32.2. The number of carbonyl (C=O) groups excluding carboxylic acids is 4. The van der Waals surface area contributed by atoms with Crippen LogP contribution in [0.2, 0.25) is 0 Å². The number of nitrogens with one attached hydrogen (secondary N) is 3. The average molecular weight is 522 g/mol. The van der Waals surface area contributed by atoms with Crippen molar-refractivity contribution < 1.29 is 48.9 Å². The lowest BCUT2D eigenvalue weighted by atomic mass is 10.1. The van der Waals surface area contributed by atoms with E-state index < -0.39 is 85.0 Å². The van der Waals surface area contributed by atoms with Gasteiger partial charge in [-0.15, -0.1) is 0 Å². The molecule has 0 saturated heterocycles. The van der Waals surface area contributed by atoms with Gasteiger partial charge < -0.3 is 42.7 Å². The molecule has 4 unspecified atom stereocenters. The first kappa shape index (κ1) is 31.6. The molecule has 0 bridgehead atoms. The predicted molar refractivity (Wildman–Crippen MR) is 122 cm³/mol. The number of hydrogen-bond acceptors (Lipinski definition) is 9. The standard InChI is InChI=1S/C19H31N5O10S/c1-35-7-6-11(19(33)34)23-18(32)12(8-15(28)29)24-17(31)10(3-5-14(26)27)22-16(30)9(20)2-4-13(21)25/h9-12H,2-8,20H2,1H3,(H2,21,25)(H,22,30)(H,23,32)(H,24,31)(H,26,27)(H,28,29)(H,33,34). The molecule has 10 N–H and O–H groups in total. The minimum atomic E-state index is -1.72. The minimum absolute atomic E-state index is 0.0382. The number of rotatable bonds is 18. The van der Waals surface area contributed by atoms with Crippen LogP contribution in [0.25, 0.3) is 0 Å². The van der Waals surface area contributed by atoms with Gasteiger partial charge in [-0.2, -0.15) is 11.8 Å². The lowest BCUT2D eigenvalue weighted by molar-refractivity contribution is -0.143. The van der Waals surface area contributed by atoms with Crippen LogP contribution in [0.3, 0.4) is 0 Å². The molecule has 0 aromatic rings. The fourth-order valence-corrected chi connectivity index (χ4v) is 3.14. The van der Waals surface area contributed by atoms with Crippen LogP contribution in [-0.2, 0) is 33.6 Å². The summed E-state index contributed by atoms with van der Waals surface area (Å²) >= 11 is 1.33. The van der Waals surface area contributed by atoms with Gasteiger partial charge >= 0.3 is 17.9 Å². The Morgan fingerprint density at radius 2 is 1.29 bits per heavy atom. The zero-order chi connectivity index (χ0) is 27.1. The van der Waals surface area contributed by atoms with E-state index in [0.717, 1.165) is 0 Å². The van der Waals surface area contributed by atoms with Gasteiger partial charge in [0.05, 0.1) is 12.5 Å². The van der Waals surface area contributed by atoms with Gasteiger partial charge in [-0.1, -0.05) is 0 Å². The number of hydrogen-bond donors (Lipinski definition) is 8. The number of carboxylic acids is 3. The van der Waals surface area contributed by atoms with E-state index >= 15 is 0 Å². The molecule has 0 aliphatic heterocycles. The van der Waals surface area contributed by atoms with E-state index in [4.69, 9.17) is 21.7 Å². The molecular weight excluding hydrogens is 490 g/mol. The van der Waals surface area contributed by atoms with Crippen LogP contribution in [-0.4, -0.2) is 93.0 Å². The smallest absolute Gasteiger partial charge is 0.326 e. The van der Waals surface area contributed by atoms with E-state index in [1.807, 2.05) is 0 Å². The van der Waals surface area contributed by atoms with Crippen molar-refractivity contribution in [2.75, 3.05) is 12.0 Å². The van der Waals surface area contributed by atoms with Crippen molar-refractivity contribution in [2.24, 2.45) is 11.5 Å². The van der Waals surface area contributed by atoms with Gasteiger partial charge in [0, 0.05) is 12.8 Å². The quantitative estimate of drug-likeness (QED) is 0.0909. The number of amides is 4. The van der Waals surface area contributed by atoms with Gasteiger partial charge in [0.2, 0.25) is 23.6 Å². The van der Waals surface area contributed by atoms with Gasteiger partial charge in [0.15, 0.2) is 0 Å². The summed E-state index contributed by atoms with van der Waals surface area (Å²) in [6.07, 6.45) is -0.517. The molecule has 0 aromatic heterocycles. The first-order valence-corrected chi connectivity index (χ1v) is 11.8. The van der Waals surface area contributed by atoms with Crippen LogP contribution in [0.4, 0.5) is 0 Å². The molecule has 0 aromatic carbocycles. The number of thioether (sulfide) groups is 1. The summed E-state index contributed by atoms with van der Waals surface area (Å²) in [6.45, 7) is 0. The molecule has 4 atom stereocenters. The van der Waals surface area contributed by atoms with E-state index in [1.54, 1.807) is 6.26 Å². The summed E-state index contributed by atoms with van der Waals surface area (Å²) < 4.78 is 0. The number of nitrogens with two attached hydrogens (primary N) is 2. The Morgan fingerprint density at radius 3 is 1.77 bits per heavy atom. The molecule has 0 spiro atoms. The Morgan fingerprint density at radius 1 is 0.743 bits per heavy atom. The van der Waals surface area contributed by atoms with Crippen molar-refractivity contribution in [3.05, 3.63) is 0 Å². The highest BCUT2D eigenvalue weighted by Gasteiger charge is 2.31. The lowest BCUT2D eigenvalue weighted by Gasteiger charge is -2.24. The third-order valence-corrected chi connectivity index (χ3v) is 5.20. The van der Waals surface area contributed by atoms with Crippen LogP contribution in [0.1, 0.15) is 38.5 Å². The van der Waals surface area contributed by atoms with Crippen molar-refractivity contribution in [3.63, 3.8) is 0 Å². The first-order valence-electron chi connectivity index (χ1n) is 10.4. The number of primary amides is 1. The zero-order valence-electron chi connectivity index (χ0n) is 19.0. The fraction of sp³-hybridized carbons (Fsp3) is 0.632. The third-order valence-electron chi connectivity index (χ3n) is 4.56. The number of aliphatic carboxylic acids is 3. The molecule has 15 nitrogen and oxygen atoms in total. The maximum atomic E-state index is 12.7. The largest absolute Gasteiger partial charge is 0.481 e. The second kappa shape index (κ2) is 16.3. The minimum Gasteiger partial charge on any atom is -0.481 e. The van der Waals surface area contributed by atoms with Gasteiger partial charge in [-0.05, 0) is 31.3 Å². The average Bonchev–Trinajstić information content (AvgIpc) is 2.75. The van der Waals surface area contributed by atoms with Crippen LogP contribution in [0, 0.1) is 0 Å². The van der Waals surface area contributed by atoms with Crippen LogP contribution in [0.15, 0.2) is 0 Å². The molecule has 0 heterocycles.